The van der Waals surface area contributed by atoms with Crippen molar-refractivity contribution in [1.82, 2.24) is 14.8 Å². The molecule has 2 amide bonds. The van der Waals surface area contributed by atoms with Crippen molar-refractivity contribution in [3.05, 3.63) is 66.1 Å². The van der Waals surface area contributed by atoms with Crippen molar-refractivity contribution in [1.29, 1.82) is 0 Å². The normalized spacial score (nSPS) is 14.6. The fourth-order valence-electron chi connectivity index (χ4n) is 3.96. The monoisotopic (exact) mass is 453 g/mol. The molecule has 0 atom stereocenters. The predicted octanol–water partition coefficient (Wildman–Crippen LogP) is 4.45. The van der Waals surface area contributed by atoms with Crippen molar-refractivity contribution in [2.45, 2.75) is 37.8 Å². The van der Waals surface area contributed by atoms with E-state index in [1.54, 1.807) is 12.1 Å². The van der Waals surface area contributed by atoms with E-state index in [0.29, 0.717) is 19.0 Å². The second-order valence-electron chi connectivity index (χ2n) is 8.39. The van der Waals surface area contributed by atoms with Gasteiger partial charge in [-0.15, -0.1) is 11.8 Å². The number of halogens is 1. The van der Waals surface area contributed by atoms with Gasteiger partial charge in [0, 0.05) is 41.6 Å². The summed E-state index contributed by atoms with van der Waals surface area (Å²) >= 11 is 1.46. The van der Waals surface area contributed by atoms with Crippen molar-refractivity contribution in [3.63, 3.8) is 0 Å². The van der Waals surface area contributed by atoms with Crippen LogP contribution in [0.25, 0.3) is 10.9 Å². The van der Waals surface area contributed by atoms with Gasteiger partial charge in [0.25, 0.3) is 0 Å². The second kappa shape index (κ2) is 10.2. The minimum atomic E-state index is -0.291. The fourth-order valence-corrected chi connectivity index (χ4v) is 4.88. The standard InChI is InChI=1S/C25H28FN3O2S/c1-18-10-12-28(13-11-18)25(31)16-29-15-23(21-4-2-3-5-22(21)29)32-17-24(30)27-14-19-6-8-20(26)9-7-19/h2-9,15,18H,10-14,16-17H2,1H3,(H,27,30). The van der Waals surface area contributed by atoms with Gasteiger partial charge in [-0.3, -0.25) is 9.59 Å². The highest BCUT2D eigenvalue weighted by Crippen LogP contribution is 2.30. The van der Waals surface area contributed by atoms with Crippen LogP contribution in [0, 0.1) is 11.7 Å². The number of para-hydroxylation sites is 1. The Bertz CT molecular complexity index is 1090. The first-order valence-corrected chi connectivity index (χ1v) is 12.0. The van der Waals surface area contributed by atoms with E-state index < -0.39 is 0 Å². The van der Waals surface area contributed by atoms with Crippen LogP contribution in [-0.4, -0.2) is 40.1 Å². The summed E-state index contributed by atoms with van der Waals surface area (Å²) < 4.78 is 15.0. The number of carbonyl (C=O) groups is 2. The molecule has 168 valence electrons. The lowest BCUT2D eigenvalue weighted by molar-refractivity contribution is -0.133. The molecule has 1 aliphatic heterocycles. The molecule has 2 heterocycles. The predicted molar refractivity (Wildman–Crippen MR) is 126 cm³/mol. The number of hydrogen-bond donors (Lipinski definition) is 1. The zero-order valence-electron chi connectivity index (χ0n) is 18.2. The van der Waals surface area contributed by atoms with Gasteiger partial charge in [0.05, 0.1) is 5.75 Å². The number of amides is 2. The topological polar surface area (TPSA) is 54.3 Å². The first-order chi connectivity index (χ1) is 15.5. The molecule has 0 spiro atoms. The van der Waals surface area contributed by atoms with E-state index in [4.69, 9.17) is 0 Å². The summed E-state index contributed by atoms with van der Waals surface area (Å²) in [6, 6.07) is 14.1. The van der Waals surface area contributed by atoms with Crippen LogP contribution in [0.5, 0.6) is 0 Å². The Morgan fingerprint density at radius 2 is 1.81 bits per heavy atom. The number of piperidine rings is 1. The zero-order chi connectivity index (χ0) is 22.5. The van der Waals surface area contributed by atoms with Crippen molar-refractivity contribution >= 4 is 34.5 Å². The Labute approximate surface area is 192 Å². The number of thioether (sulfide) groups is 1. The summed E-state index contributed by atoms with van der Waals surface area (Å²) in [6.45, 7) is 4.57. The lowest BCUT2D eigenvalue weighted by Gasteiger charge is -2.30. The molecule has 4 rings (SSSR count). The number of carbonyl (C=O) groups excluding carboxylic acids is 2. The average molecular weight is 454 g/mol. The van der Waals surface area contributed by atoms with Crippen LogP contribution in [0.4, 0.5) is 4.39 Å². The van der Waals surface area contributed by atoms with Crippen LogP contribution < -0.4 is 5.32 Å². The number of nitrogens with one attached hydrogen (secondary N) is 1. The molecule has 1 fully saturated rings. The van der Waals surface area contributed by atoms with Gasteiger partial charge in [0.15, 0.2) is 0 Å². The minimum Gasteiger partial charge on any atom is -0.351 e. The summed E-state index contributed by atoms with van der Waals surface area (Å²) in [5.74, 6) is 0.720. The second-order valence-corrected chi connectivity index (χ2v) is 9.41. The number of fused-ring (bicyclic) bond motifs is 1. The molecule has 7 heteroatoms. The van der Waals surface area contributed by atoms with Gasteiger partial charge >= 0.3 is 0 Å². The van der Waals surface area contributed by atoms with Crippen molar-refractivity contribution in [3.8, 4) is 0 Å². The van der Waals surface area contributed by atoms with Crippen molar-refractivity contribution in [2.24, 2.45) is 5.92 Å². The first-order valence-electron chi connectivity index (χ1n) is 11.0. The zero-order valence-corrected chi connectivity index (χ0v) is 19.0. The lowest BCUT2D eigenvalue weighted by Crippen LogP contribution is -2.39. The molecule has 0 aliphatic carbocycles. The van der Waals surface area contributed by atoms with Crippen LogP contribution in [-0.2, 0) is 22.7 Å². The number of aromatic nitrogens is 1. The highest BCUT2D eigenvalue weighted by Gasteiger charge is 2.21. The molecule has 32 heavy (non-hydrogen) atoms. The summed E-state index contributed by atoms with van der Waals surface area (Å²) in [6.07, 6.45) is 4.10. The molecule has 0 unspecified atom stereocenters. The van der Waals surface area contributed by atoms with E-state index in [1.807, 2.05) is 39.9 Å². The third-order valence-corrected chi connectivity index (χ3v) is 7.00. The number of nitrogens with zero attached hydrogens (tertiary/aromatic N) is 2. The summed E-state index contributed by atoms with van der Waals surface area (Å²) in [5.41, 5.74) is 1.85. The maximum absolute atomic E-state index is 13.0. The van der Waals surface area contributed by atoms with Gasteiger partial charge < -0.3 is 14.8 Å². The number of rotatable bonds is 7. The van der Waals surface area contributed by atoms with Gasteiger partial charge in [0.1, 0.15) is 12.4 Å². The quantitative estimate of drug-likeness (QED) is 0.538. The van der Waals surface area contributed by atoms with Gasteiger partial charge in [-0.25, -0.2) is 4.39 Å². The van der Waals surface area contributed by atoms with Crippen LogP contribution in [0.2, 0.25) is 0 Å². The van der Waals surface area contributed by atoms with Gasteiger partial charge in [-0.2, -0.15) is 0 Å². The average Bonchev–Trinajstić information content (AvgIpc) is 3.15. The maximum Gasteiger partial charge on any atom is 0.242 e. The van der Waals surface area contributed by atoms with Crippen LogP contribution in [0.3, 0.4) is 0 Å². The highest BCUT2D eigenvalue weighted by atomic mass is 32.2. The van der Waals surface area contributed by atoms with Gasteiger partial charge in [-0.1, -0.05) is 37.3 Å². The van der Waals surface area contributed by atoms with Gasteiger partial charge in [-0.05, 0) is 42.5 Å². The molecule has 2 aromatic carbocycles. The van der Waals surface area contributed by atoms with E-state index in [1.165, 1.54) is 23.9 Å². The van der Waals surface area contributed by atoms with E-state index in [2.05, 4.69) is 12.2 Å². The molecule has 0 saturated carbocycles. The van der Waals surface area contributed by atoms with Crippen LogP contribution in [0.1, 0.15) is 25.3 Å². The largest absolute Gasteiger partial charge is 0.351 e. The molecular formula is C25H28FN3O2S. The Hall–Kier alpha value is -2.80. The Morgan fingerprint density at radius 3 is 2.56 bits per heavy atom. The van der Waals surface area contributed by atoms with E-state index >= 15 is 0 Å². The Balaban J connectivity index is 1.38. The summed E-state index contributed by atoms with van der Waals surface area (Å²) in [4.78, 5) is 28.1. The van der Waals surface area contributed by atoms with Crippen molar-refractivity contribution in [2.75, 3.05) is 18.8 Å². The van der Waals surface area contributed by atoms with E-state index in [9.17, 15) is 14.0 Å². The van der Waals surface area contributed by atoms with E-state index in [0.717, 1.165) is 47.3 Å². The highest BCUT2D eigenvalue weighted by molar-refractivity contribution is 8.00. The summed E-state index contributed by atoms with van der Waals surface area (Å²) in [7, 11) is 0. The molecular weight excluding hydrogens is 425 g/mol. The molecule has 3 aromatic rings. The smallest absolute Gasteiger partial charge is 0.242 e. The summed E-state index contributed by atoms with van der Waals surface area (Å²) in [5, 5.41) is 3.92. The van der Waals surface area contributed by atoms with E-state index in [-0.39, 0.29) is 23.4 Å². The molecule has 1 saturated heterocycles. The lowest BCUT2D eigenvalue weighted by atomic mass is 9.99. The fraction of sp³-hybridized carbons (Fsp3) is 0.360. The Kier molecular flexibility index (Phi) is 7.15. The Morgan fingerprint density at radius 1 is 1.09 bits per heavy atom. The third-order valence-electron chi connectivity index (χ3n) is 5.96. The number of benzene rings is 2. The SMILES string of the molecule is CC1CCN(C(=O)Cn2cc(SCC(=O)NCc3ccc(F)cc3)c3ccccc32)CC1. The number of hydrogen-bond acceptors (Lipinski definition) is 3. The molecule has 0 radical (unpaired) electrons. The number of likely N-dealkylation sites (tertiary alicyclic amines) is 1. The minimum absolute atomic E-state index is 0.0883. The molecule has 5 nitrogen and oxygen atoms in total. The maximum atomic E-state index is 13.0. The molecule has 0 bridgehead atoms. The third kappa shape index (κ3) is 5.51. The van der Waals surface area contributed by atoms with Gasteiger partial charge in [0.2, 0.25) is 11.8 Å². The molecule has 1 N–H and O–H groups in total. The van der Waals surface area contributed by atoms with Crippen LogP contribution >= 0.6 is 11.8 Å². The van der Waals surface area contributed by atoms with Crippen molar-refractivity contribution < 1.29 is 14.0 Å². The first kappa shape index (κ1) is 22.4. The molecule has 1 aliphatic rings. The van der Waals surface area contributed by atoms with Crippen LogP contribution in [0.15, 0.2) is 59.6 Å². The molecule has 1 aromatic heterocycles.